The highest BCUT2D eigenvalue weighted by atomic mass is 16.8. The maximum absolute atomic E-state index is 14.8. The zero-order chi connectivity index (χ0) is 52.7. The lowest BCUT2D eigenvalue weighted by molar-refractivity contribution is -0.360. The zero-order valence-corrected chi connectivity index (χ0v) is 38.9. The predicted octanol–water partition coefficient (Wildman–Crippen LogP) is -2.07. The van der Waals surface area contributed by atoms with Crippen molar-refractivity contribution in [2.24, 2.45) is 0 Å². The summed E-state index contributed by atoms with van der Waals surface area (Å²) >= 11 is 0. The number of aliphatic hydroxyl groups is 10. The van der Waals surface area contributed by atoms with E-state index in [1.807, 2.05) is 0 Å². The number of hydrogen-bond donors (Lipinski definition) is 13. The van der Waals surface area contributed by atoms with E-state index >= 15 is 0 Å². The molecule has 1 aromatic heterocycles. The second-order valence-electron chi connectivity index (χ2n) is 18.0. The molecule has 0 bridgehead atoms. The van der Waals surface area contributed by atoms with E-state index in [0.29, 0.717) is 5.56 Å². The topological polar surface area (TPSA) is 393 Å². The van der Waals surface area contributed by atoms with E-state index < -0.39 is 163 Å². The summed E-state index contributed by atoms with van der Waals surface area (Å²) < 4.78 is 59.0. The van der Waals surface area contributed by atoms with Gasteiger partial charge in [-0.3, -0.25) is 4.79 Å². The number of hydrogen-bond acceptors (Lipinski definition) is 25. The standard InChI is InChI=1S/C48H56O25/c1-17-30(53)34(57)37(60)45(65-17)64-16-27-42(71-28(52)13-6-20-4-9-22(49)10-5-20)40(63)44(73-47-39(62)36(59)32(55)19(3)67-47)48(70-27)72-43-33(56)29-25(51)14-24(68-46-38(61)35(58)31(54)18(2)66-46)15-26(29)69-41(43)21-7-11-23(50)12-8-21/h4-15,17-19,27,30-32,34-40,42,44-51,53-55,57-63H,16H2,1-3H3/t17-,18-,19-,27+,30-,31-,32-,34+,35+,36+,37+,38+,39+,40-,42-,44+,45+,46-,47-,48-/m0/s1. The number of fused-ring (bicyclic) bond motifs is 1. The summed E-state index contributed by atoms with van der Waals surface area (Å²) in [6.07, 6.45) is -31.8. The van der Waals surface area contributed by atoms with Gasteiger partial charge in [-0.25, -0.2) is 4.79 Å². The highest BCUT2D eigenvalue weighted by Gasteiger charge is 2.54. The molecule has 4 fully saturated rings. The smallest absolute Gasteiger partial charge is 0.331 e. The third kappa shape index (κ3) is 11.3. The molecule has 4 aromatic rings. The number of phenols is 3. The number of rotatable bonds is 13. The molecule has 0 amide bonds. The van der Waals surface area contributed by atoms with Gasteiger partial charge in [0.05, 0.1) is 24.9 Å². The molecule has 398 valence electrons. The summed E-state index contributed by atoms with van der Waals surface area (Å²) in [7, 11) is 0. The minimum absolute atomic E-state index is 0.0331. The van der Waals surface area contributed by atoms with E-state index in [0.717, 1.165) is 18.2 Å². The number of aliphatic hydroxyl groups excluding tert-OH is 10. The third-order valence-electron chi connectivity index (χ3n) is 12.8. The fourth-order valence-electron chi connectivity index (χ4n) is 8.56. The Labute approximate surface area is 413 Å². The molecular formula is C48H56O25. The molecule has 5 heterocycles. The Bertz CT molecular complexity index is 2620. The molecule has 0 radical (unpaired) electrons. The maximum atomic E-state index is 14.8. The zero-order valence-electron chi connectivity index (χ0n) is 38.9. The number of aromatic hydroxyl groups is 3. The van der Waals surface area contributed by atoms with Crippen molar-refractivity contribution in [1.82, 2.24) is 0 Å². The van der Waals surface area contributed by atoms with Crippen LogP contribution in [0, 0.1) is 0 Å². The Hall–Kier alpha value is -5.56. The van der Waals surface area contributed by atoms with Crippen LogP contribution in [0.1, 0.15) is 26.3 Å². The summed E-state index contributed by atoms with van der Waals surface area (Å²) in [6, 6.07) is 12.8. The lowest BCUT2D eigenvalue weighted by Crippen LogP contribution is -2.65. The Kier molecular flexibility index (Phi) is 16.3. The molecule has 25 heteroatoms. The van der Waals surface area contributed by atoms with E-state index in [1.165, 1.54) is 75.4 Å². The number of phenolic OH excluding ortho intramolecular Hbond substituents is 3. The summed E-state index contributed by atoms with van der Waals surface area (Å²) in [5.74, 6) is -3.66. The first-order chi connectivity index (χ1) is 34.6. The molecule has 0 saturated carbocycles. The van der Waals surface area contributed by atoms with E-state index in [2.05, 4.69) is 0 Å². The average molecular weight is 1030 g/mol. The van der Waals surface area contributed by atoms with Crippen LogP contribution in [0.3, 0.4) is 0 Å². The van der Waals surface area contributed by atoms with Crippen molar-refractivity contribution in [2.75, 3.05) is 6.61 Å². The second-order valence-corrected chi connectivity index (χ2v) is 18.0. The minimum Gasteiger partial charge on any atom is -0.508 e. The molecule has 0 spiro atoms. The first-order valence-electron chi connectivity index (χ1n) is 23.0. The molecule has 3 aromatic carbocycles. The van der Waals surface area contributed by atoms with Gasteiger partial charge in [-0.1, -0.05) is 12.1 Å². The number of ether oxygens (including phenoxy) is 9. The summed E-state index contributed by atoms with van der Waals surface area (Å²) in [5, 5.41) is 138. The molecule has 73 heavy (non-hydrogen) atoms. The fraction of sp³-hybridized carbons (Fsp3) is 0.500. The third-order valence-corrected chi connectivity index (χ3v) is 12.8. The van der Waals surface area contributed by atoms with Gasteiger partial charge in [0.25, 0.3) is 0 Å². The minimum atomic E-state index is -2.16. The van der Waals surface area contributed by atoms with Crippen LogP contribution in [0.25, 0.3) is 28.4 Å². The maximum Gasteiger partial charge on any atom is 0.331 e. The van der Waals surface area contributed by atoms with Crippen molar-refractivity contribution in [3.8, 4) is 40.1 Å². The number of benzene rings is 3. The number of carbonyl (C=O) groups is 1. The van der Waals surface area contributed by atoms with Crippen molar-refractivity contribution in [2.45, 2.75) is 144 Å². The normalized spacial score (nSPS) is 37.0. The van der Waals surface area contributed by atoms with Gasteiger partial charge >= 0.3 is 5.97 Å². The van der Waals surface area contributed by atoms with Gasteiger partial charge < -0.3 is 113 Å². The molecule has 20 atom stereocenters. The summed E-state index contributed by atoms with van der Waals surface area (Å²) in [4.78, 5) is 28.4. The Morgan fingerprint density at radius 1 is 0.589 bits per heavy atom. The van der Waals surface area contributed by atoms with E-state index in [-0.39, 0.29) is 28.4 Å². The average Bonchev–Trinajstić information content (AvgIpc) is 3.36. The van der Waals surface area contributed by atoms with Crippen molar-refractivity contribution in [3.63, 3.8) is 0 Å². The van der Waals surface area contributed by atoms with Crippen LogP contribution in [0.2, 0.25) is 0 Å². The van der Waals surface area contributed by atoms with Crippen LogP contribution in [0.4, 0.5) is 0 Å². The SMILES string of the molecule is C[C@@H]1O[C@@H](OC[C@H]2O[C@@H](Oc3c(-c4ccc(O)cc4)oc4cc(O[C@@H]5O[C@@H](C)[C@H](O)[C@@H](O)[C@H]5O)cc(O)c4c3=O)[C@H](O[C@@H]3O[C@@H](C)[C@H](O)[C@@H](O)[C@H]3O)[C@@H](O)[C@H]2OC(=O)C=Cc2ccc(O)cc2)[C@H](O)[C@H](O)[C@H]1O. The predicted molar refractivity (Wildman–Crippen MR) is 242 cm³/mol. The first-order valence-corrected chi connectivity index (χ1v) is 23.0. The lowest BCUT2D eigenvalue weighted by atomic mass is 9.97. The summed E-state index contributed by atoms with van der Waals surface area (Å²) in [6.45, 7) is 3.34. The van der Waals surface area contributed by atoms with Crippen LogP contribution in [-0.4, -0.2) is 202 Å². The van der Waals surface area contributed by atoms with Crippen molar-refractivity contribution in [3.05, 3.63) is 82.5 Å². The molecule has 0 aliphatic carbocycles. The van der Waals surface area contributed by atoms with E-state index in [1.54, 1.807) is 0 Å². The Morgan fingerprint density at radius 3 is 1.73 bits per heavy atom. The van der Waals surface area contributed by atoms with Crippen molar-refractivity contribution >= 4 is 23.0 Å². The van der Waals surface area contributed by atoms with Crippen LogP contribution in [0.15, 0.2) is 76.0 Å². The van der Waals surface area contributed by atoms with Gasteiger partial charge in [-0.05, 0) is 68.8 Å². The quantitative estimate of drug-likeness (QED) is 0.0505. The van der Waals surface area contributed by atoms with Gasteiger partial charge in [0.15, 0.2) is 30.5 Å². The van der Waals surface area contributed by atoms with Gasteiger partial charge in [0, 0.05) is 23.8 Å². The molecule has 0 unspecified atom stereocenters. The summed E-state index contributed by atoms with van der Waals surface area (Å²) in [5.41, 5.74) is -1.04. The molecule has 4 aliphatic rings. The monoisotopic (exact) mass is 1030 g/mol. The Balaban J connectivity index is 1.20. The number of carbonyl (C=O) groups excluding carboxylic acids is 1. The molecule has 4 aliphatic heterocycles. The van der Waals surface area contributed by atoms with E-state index in [9.17, 15) is 76.0 Å². The van der Waals surface area contributed by atoms with Crippen LogP contribution in [-0.2, 0) is 38.0 Å². The largest absolute Gasteiger partial charge is 0.508 e. The molecule has 8 rings (SSSR count). The van der Waals surface area contributed by atoms with Crippen LogP contribution < -0.4 is 14.9 Å². The van der Waals surface area contributed by atoms with Crippen LogP contribution >= 0.6 is 0 Å². The highest BCUT2D eigenvalue weighted by Crippen LogP contribution is 2.40. The van der Waals surface area contributed by atoms with Gasteiger partial charge in [-0.15, -0.1) is 0 Å². The molecule has 4 saturated heterocycles. The van der Waals surface area contributed by atoms with Gasteiger partial charge in [-0.2, -0.15) is 0 Å². The van der Waals surface area contributed by atoms with Gasteiger partial charge in [0.1, 0.15) is 101 Å². The van der Waals surface area contributed by atoms with Crippen LogP contribution in [0.5, 0.6) is 28.7 Å². The molecule has 25 nitrogen and oxygen atoms in total. The molecular weight excluding hydrogens is 977 g/mol. The highest BCUT2D eigenvalue weighted by molar-refractivity contribution is 5.88. The Morgan fingerprint density at radius 2 is 1.12 bits per heavy atom. The van der Waals surface area contributed by atoms with Gasteiger partial charge in [0.2, 0.25) is 23.8 Å². The molecule has 13 N–H and O–H groups in total. The lowest BCUT2D eigenvalue weighted by Gasteiger charge is -2.47. The van der Waals surface area contributed by atoms with Crippen molar-refractivity contribution in [1.29, 1.82) is 0 Å². The number of esters is 1. The van der Waals surface area contributed by atoms with Crippen molar-refractivity contribution < 1.29 is 118 Å². The fourth-order valence-corrected chi connectivity index (χ4v) is 8.56. The second kappa shape index (κ2) is 22.1. The van der Waals surface area contributed by atoms with E-state index in [4.69, 9.17) is 47.0 Å². The first kappa shape index (κ1) is 53.7.